The highest BCUT2D eigenvalue weighted by atomic mass is 16.1. The lowest BCUT2D eigenvalue weighted by atomic mass is 10.00. The van der Waals surface area contributed by atoms with Crippen molar-refractivity contribution in [3.8, 4) is 0 Å². The first-order valence-corrected chi connectivity index (χ1v) is 6.92. The molecule has 4 aromatic rings. The molecule has 1 N–H and O–H groups in total. The molecule has 3 aromatic carbocycles. The summed E-state index contributed by atoms with van der Waals surface area (Å²) in [6.45, 7) is 0. The first-order valence-electron chi connectivity index (χ1n) is 6.92. The van der Waals surface area contributed by atoms with Gasteiger partial charge in [0.2, 0.25) is 0 Å². The van der Waals surface area contributed by atoms with Crippen LogP contribution in [0, 0.1) is 0 Å². The first-order chi connectivity index (χ1) is 10.3. The molecule has 0 aliphatic heterocycles. The van der Waals surface area contributed by atoms with Crippen molar-refractivity contribution in [2.24, 2.45) is 0 Å². The summed E-state index contributed by atoms with van der Waals surface area (Å²) >= 11 is 0. The minimum atomic E-state index is 0.0539. The number of carbonyl (C=O) groups excluding carboxylic acids is 1. The fourth-order valence-corrected chi connectivity index (χ4v) is 2.75. The fraction of sp³-hybridized carbons (Fsp3) is 0. The minimum absolute atomic E-state index is 0.0539. The summed E-state index contributed by atoms with van der Waals surface area (Å²) in [4.78, 5) is 15.9. The van der Waals surface area contributed by atoms with E-state index in [1.54, 1.807) is 6.20 Å². The predicted molar refractivity (Wildman–Crippen MR) is 85.7 cm³/mol. The number of hydrogen-bond donors (Lipinski definition) is 1. The van der Waals surface area contributed by atoms with Gasteiger partial charge in [-0.15, -0.1) is 0 Å². The molecule has 0 radical (unpaired) electrons. The van der Waals surface area contributed by atoms with E-state index in [1.165, 1.54) is 0 Å². The van der Waals surface area contributed by atoms with E-state index in [1.807, 2.05) is 60.7 Å². The fourth-order valence-electron chi connectivity index (χ4n) is 2.75. The van der Waals surface area contributed by atoms with Crippen LogP contribution in [0.25, 0.3) is 21.7 Å². The second-order valence-electron chi connectivity index (χ2n) is 5.14. The molecule has 1 aromatic heterocycles. The highest BCUT2D eigenvalue weighted by molar-refractivity contribution is 6.17. The Hall–Kier alpha value is -2.87. The van der Waals surface area contributed by atoms with Gasteiger partial charge in [-0.1, -0.05) is 54.6 Å². The maximum Gasteiger partial charge on any atom is 0.195 e. The van der Waals surface area contributed by atoms with Gasteiger partial charge in [0.05, 0.1) is 0 Å². The molecule has 0 aliphatic carbocycles. The molecule has 2 nitrogen and oxygen atoms in total. The van der Waals surface area contributed by atoms with Gasteiger partial charge < -0.3 is 4.98 Å². The molecule has 0 spiro atoms. The van der Waals surface area contributed by atoms with Crippen molar-refractivity contribution in [1.29, 1.82) is 0 Å². The zero-order valence-corrected chi connectivity index (χ0v) is 11.3. The van der Waals surface area contributed by atoms with Crippen LogP contribution in [0.5, 0.6) is 0 Å². The van der Waals surface area contributed by atoms with Crippen molar-refractivity contribution < 1.29 is 4.79 Å². The third-order valence-electron chi connectivity index (χ3n) is 3.85. The Balaban J connectivity index is 1.86. The van der Waals surface area contributed by atoms with Gasteiger partial charge in [-0.05, 0) is 22.9 Å². The molecule has 0 fully saturated rings. The number of aromatic nitrogens is 1. The van der Waals surface area contributed by atoms with Crippen molar-refractivity contribution in [3.63, 3.8) is 0 Å². The summed E-state index contributed by atoms with van der Waals surface area (Å²) in [5, 5.41) is 3.20. The molecule has 0 aliphatic rings. The molecule has 1 heterocycles. The Bertz CT molecular complexity index is 965. The van der Waals surface area contributed by atoms with E-state index in [-0.39, 0.29) is 5.78 Å². The third kappa shape index (κ3) is 1.93. The van der Waals surface area contributed by atoms with Crippen LogP contribution in [0.3, 0.4) is 0 Å². The number of para-hydroxylation sites is 1. The standard InChI is InChI=1S/C19H13NO/c21-19(17-12-20-18-8-4-3-7-16(17)18)15-10-9-13-5-1-2-6-14(13)11-15/h1-12,20H. The second kappa shape index (κ2) is 4.60. The van der Waals surface area contributed by atoms with Gasteiger partial charge in [-0.3, -0.25) is 4.79 Å². The van der Waals surface area contributed by atoms with Gasteiger partial charge in [-0.2, -0.15) is 0 Å². The Labute approximate surface area is 122 Å². The monoisotopic (exact) mass is 271 g/mol. The van der Waals surface area contributed by atoms with Crippen molar-refractivity contribution in [3.05, 3.63) is 84.1 Å². The number of hydrogen-bond acceptors (Lipinski definition) is 1. The largest absolute Gasteiger partial charge is 0.360 e. The van der Waals surface area contributed by atoms with Gasteiger partial charge in [0.1, 0.15) is 0 Å². The van der Waals surface area contributed by atoms with E-state index in [2.05, 4.69) is 11.1 Å². The maximum absolute atomic E-state index is 12.7. The summed E-state index contributed by atoms with van der Waals surface area (Å²) in [7, 11) is 0. The summed E-state index contributed by atoms with van der Waals surface area (Å²) in [6, 6.07) is 21.8. The van der Waals surface area contributed by atoms with Gasteiger partial charge in [0.15, 0.2) is 5.78 Å². The number of carbonyl (C=O) groups is 1. The second-order valence-corrected chi connectivity index (χ2v) is 5.14. The molecule has 0 amide bonds. The molecule has 0 atom stereocenters. The van der Waals surface area contributed by atoms with Crippen molar-refractivity contribution >= 4 is 27.5 Å². The summed E-state index contributed by atoms with van der Waals surface area (Å²) in [5.41, 5.74) is 2.43. The lowest BCUT2D eigenvalue weighted by Gasteiger charge is -2.02. The molecule has 0 saturated heterocycles. The number of rotatable bonds is 2. The summed E-state index contributed by atoms with van der Waals surface area (Å²) in [5.74, 6) is 0.0539. The van der Waals surface area contributed by atoms with E-state index in [9.17, 15) is 4.79 Å². The highest BCUT2D eigenvalue weighted by Gasteiger charge is 2.14. The molecule has 2 heteroatoms. The van der Waals surface area contributed by atoms with Crippen LogP contribution in [-0.2, 0) is 0 Å². The predicted octanol–water partition coefficient (Wildman–Crippen LogP) is 4.55. The topological polar surface area (TPSA) is 32.9 Å². The Kier molecular flexibility index (Phi) is 2.61. The lowest BCUT2D eigenvalue weighted by molar-refractivity contribution is 0.104. The SMILES string of the molecule is O=C(c1ccc2ccccc2c1)c1c[nH]c2ccccc12. The van der Waals surface area contributed by atoms with Gasteiger partial charge in [0.25, 0.3) is 0 Å². The lowest BCUT2D eigenvalue weighted by Crippen LogP contribution is -2.00. The van der Waals surface area contributed by atoms with Crippen LogP contribution >= 0.6 is 0 Å². The maximum atomic E-state index is 12.7. The number of H-pyrrole nitrogens is 1. The molecule has 0 saturated carbocycles. The van der Waals surface area contributed by atoms with Gasteiger partial charge in [-0.25, -0.2) is 0 Å². The van der Waals surface area contributed by atoms with Gasteiger partial charge in [0, 0.05) is 28.2 Å². The first kappa shape index (κ1) is 11.9. The normalized spacial score (nSPS) is 11.0. The average Bonchev–Trinajstić information content (AvgIpc) is 2.98. The molecule has 0 bridgehead atoms. The van der Waals surface area contributed by atoms with E-state index < -0.39 is 0 Å². The van der Waals surface area contributed by atoms with Crippen LogP contribution in [0.1, 0.15) is 15.9 Å². The Morgan fingerprint density at radius 3 is 2.48 bits per heavy atom. The van der Waals surface area contributed by atoms with E-state index >= 15 is 0 Å². The van der Waals surface area contributed by atoms with Crippen LogP contribution in [0.15, 0.2) is 72.9 Å². The number of aromatic amines is 1. The van der Waals surface area contributed by atoms with Crippen molar-refractivity contribution in [2.45, 2.75) is 0 Å². The summed E-state index contributed by atoms with van der Waals surface area (Å²) in [6.07, 6.45) is 1.79. The van der Waals surface area contributed by atoms with Crippen LogP contribution in [-0.4, -0.2) is 10.8 Å². The summed E-state index contributed by atoms with van der Waals surface area (Å²) < 4.78 is 0. The smallest absolute Gasteiger partial charge is 0.195 e. The van der Waals surface area contributed by atoms with E-state index in [4.69, 9.17) is 0 Å². The number of benzene rings is 3. The molecular formula is C19H13NO. The molecule has 4 rings (SSSR count). The third-order valence-corrected chi connectivity index (χ3v) is 3.85. The number of ketones is 1. The molecular weight excluding hydrogens is 258 g/mol. The minimum Gasteiger partial charge on any atom is -0.360 e. The van der Waals surface area contributed by atoms with Crippen LogP contribution < -0.4 is 0 Å². The van der Waals surface area contributed by atoms with Crippen LogP contribution in [0.4, 0.5) is 0 Å². The molecule has 0 unspecified atom stereocenters. The van der Waals surface area contributed by atoms with E-state index in [0.717, 1.165) is 32.8 Å². The quantitative estimate of drug-likeness (QED) is 0.533. The number of fused-ring (bicyclic) bond motifs is 2. The van der Waals surface area contributed by atoms with E-state index in [0.29, 0.717) is 0 Å². The molecule has 100 valence electrons. The Morgan fingerprint density at radius 2 is 1.57 bits per heavy atom. The average molecular weight is 271 g/mol. The zero-order chi connectivity index (χ0) is 14.2. The van der Waals surface area contributed by atoms with Crippen molar-refractivity contribution in [1.82, 2.24) is 4.98 Å². The van der Waals surface area contributed by atoms with Crippen LogP contribution in [0.2, 0.25) is 0 Å². The highest BCUT2D eigenvalue weighted by Crippen LogP contribution is 2.23. The Morgan fingerprint density at radius 1 is 0.810 bits per heavy atom. The zero-order valence-electron chi connectivity index (χ0n) is 11.3. The van der Waals surface area contributed by atoms with Crippen molar-refractivity contribution in [2.75, 3.05) is 0 Å². The number of nitrogens with one attached hydrogen (secondary N) is 1. The van der Waals surface area contributed by atoms with Gasteiger partial charge >= 0.3 is 0 Å². The molecule has 21 heavy (non-hydrogen) atoms.